The fourth-order valence-electron chi connectivity index (χ4n) is 2.96. The average Bonchev–Trinajstić information content (AvgIpc) is 3.04. The zero-order valence-electron chi connectivity index (χ0n) is 13.0. The lowest BCUT2D eigenvalue weighted by Crippen LogP contribution is -2.47. The molecule has 2 aromatic carbocycles. The maximum absolute atomic E-state index is 12.4. The summed E-state index contributed by atoms with van der Waals surface area (Å²) in [6.45, 7) is 0.651. The maximum Gasteiger partial charge on any atom is 0.237 e. The number of hydrogen-bond donors (Lipinski definition) is 2. The molecule has 0 aliphatic carbocycles. The molecule has 1 amide bonds. The van der Waals surface area contributed by atoms with Gasteiger partial charge in [-0.2, -0.15) is 0 Å². The third-order valence-corrected chi connectivity index (χ3v) is 4.18. The van der Waals surface area contributed by atoms with E-state index in [4.69, 9.17) is 10.5 Å². The van der Waals surface area contributed by atoms with Crippen LogP contribution < -0.4 is 11.1 Å². The molecular formula is C19H22N2O2. The van der Waals surface area contributed by atoms with Crippen LogP contribution in [0.5, 0.6) is 0 Å². The lowest BCUT2D eigenvalue weighted by atomic mass is 10.0. The first kappa shape index (κ1) is 15.7. The number of amides is 1. The van der Waals surface area contributed by atoms with E-state index in [0.717, 1.165) is 17.5 Å². The van der Waals surface area contributed by atoms with E-state index in [9.17, 15) is 4.79 Å². The van der Waals surface area contributed by atoms with Gasteiger partial charge < -0.3 is 15.8 Å². The Labute approximate surface area is 136 Å². The zero-order chi connectivity index (χ0) is 16.1. The Balaban J connectivity index is 1.60. The SMILES string of the molecule is N[C@@H](Cc1ccccc1)C(=O)NC1CCOC1c1ccccc1. The summed E-state index contributed by atoms with van der Waals surface area (Å²) in [5.41, 5.74) is 8.22. The third kappa shape index (κ3) is 3.97. The highest BCUT2D eigenvalue weighted by Gasteiger charge is 2.31. The Bertz CT molecular complexity index is 630. The largest absolute Gasteiger partial charge is 0.371 e. The number of nitrogens with one attached hydrogen (secondary N) is 1. The molecule has 23 heavy (non-hydrogen) atoms. The first-order chi connectivity index (χ1) is 11.2. The lowest BCUT2D eigenvalue weighted by Gasteiger charge is -2.22. The highest BCUT2D eigenvalue weighted by molar-refractivity contribution is 5.82. The minimum absolute atomic E-state index is 0.0216. The number of rotatable bonds is 5. The van der Waals surface area contributed by atoms with E-state index in [2.05, 4.69) is 5.32 Å². The first-order valence-electron chi connectivity index (χ1n) is 8.00. The molecule has 0 saturated carbocycles. The van der Waals surface area contributed by atoms with Crippen molar-refractivity contribution in [3.05, 3.63) is 71.8 Å². The minimum atomic E-state index is -0.547. The van der Waals surface area contributed by atoms with E-state index >= 15 is 0 Å². The van der Waals surface area contributed by atoms with Crippen molar-refractivity contribution in [2.45, 2.75) is 31.0 Å². The predicted octanol–water partition coefficient (Wildman–Crippen LogP) is 2.20. The molecular weight excluding hydrogens is 288 g/mol. The molecule has 3 atom stereocenters. The van der Waals surface area contributed by atoms with Crippen LogP contribution in [0.4, 0.5) is 0 Å². The molecule has 1 saturated heterocycles. The third-order valence-electron chi connectivity index (χ3n) is 4.18. The summed E-state index contributed by atoms with van der Waals surface area (Å²) in [7, 11) is 0. The van der Waals surface area contributed by atoms with Gasteiger partial charge in [0, 0.05) is 6.61 Å². The van der Waals surface area contributed by atoms with E-state index in [1.54, 1.807) is 0 Å². The smallest absolute Gasteiger partial charge is 0.237 e. The number of benzene rings is 2. The van der Waals surface area contributed by atoms with Crippen molar-refractivity contribution in [2.24, 2.45) is 5.73 Å². The summed E-state index contributed by atoms with van der Waals surface area (Å²) in [5.74, 6) is -0.120. The van der Waals surface area contributed by atoms with Crippen LogP contribution in [0.15, 0.2) is 60.7 Å². The number of carbonyl (C=O) groups excluding carboxylic acids is 1. The normalized spacial score (nSPS) is 21.8. The quantitative estimate of drug-likeness (QED) is 0.890. The van der Waals surface area contributed by atoms with Crippen LogP contribution in [0.2, 0.25) is 0 Å². The number of hydrogen-bond acceptors (Lipinski definition) is 3. The van der Waals surface area contributed by atoms with Gasteiger partial charge in [0.1, 0.15) is 6.10 Å². The Morgan fingerprint density at radius 3 is 2.48 bits per heavy atom. The predicted molar refractivity (Wildman–Crippen MR) is 89.8 cm³/mol. The molecule has 2 aromatic rings. The van der Waals surface area contributed by atoms with E-state index in [1.165, 1.54) is 0 Å². The van der Waals surface area contributed by atoms with Crippen LogP contribution in [0, 0.1) is 0 Å². The molecule has 0 radical (unpaired) electrons. The minimum Gasteiger partial charge on any atom is -0.371 e. The Hall–Kier alpha value is -2.17. The molecule has 0 spiro atoms. The summed E-state index contributed by atoms with van der Waals surface area (Å²) < 4.78 is 5.79. The first-order valence-corrected chi connectivity index (χ1v) is 8.00. The summed E-state index contributed by atoms with van der Waals surface area (Å²) in [6, 6.07) is 19.3. The van der Waals surface area contributed by atoms with Gasteiger partial charge in [-0.3, -0.25) is 4.79 Å². The van der Waals surface area contributed by atoms with E-state index in [0.29, 0.717) is 13.0 Å². The van der Waals surface area contributed by atoms with Crippen molar-refractivity contribution in [3.63, 3.8) is 0 Å². The molecule has 1 aliphatic heterocycles. The summed E-state index contributed by atoms with van der Waals surface area (Å²) in [6.07, 6.45) is 1.25. The molecule has 120 valence electrons. The van der Waals surface area contributed by atoms with Crippen LogP contribution in [0.3, 0.4) is 0 Å². The van der Waals surface area contributed by atoms with Crippen molar-refractivity contribution in [3.8, 4) is 0 Å². The Morgan fingerprint density at radius 1 is 1.13 bits per heavy atom. The van der Waals surface area contributed by atoms with E-state index in [1.807, 2.05) is 60.7 Å². The molecule has 4 nitrogen and oxygen atoms in total. The maximum atomic E-state index is 12.4. The van der Waals surface area contributed by atoms with Crippen molar-refractivity contribution in [1.82, 2.24) is 5.32 Å². The zero-order valence-corrected chi connectivity index (χ0v) is 13.0. The summed E-state index contributed by atoms with van der Waals surface area (Å²) in [4.78, 5) is 12.4. The molecule has 1 heterocycles. The van der Waals surface area contributed by atoms with Crippen LogP contribution in [-0.4, -0.2) is 24.6 Å². The van der Waals surface area contributed by atoms with E-state index < -0.39 is 6.04 Å². The second-order valence-corrected chi connectivity index (χ2v) is 5.90. The van der Waals surface area contributed by atoms with Gasteiger partial charge in [0.25, 0.3) is 0 Å². The van der Waals surface area contributed by atoms with Crippen molar-refractivity contribution < 1.29 is 9.53 Å². The number of ether oxygens (including phenoxy) is 1. The van der Waals surface area contributed by atoms with Gasteiger partial charge in [-0.15, -0.1) is 0 Å². The second kappa shape index (κ2) is 7.40. The van der Waals surface area contributed by atoms with Crippen LogP contribution in [0.1, 0.15) is 23.7 Å². The van der Waals surface area contributed by atoms with Gasteiger partial charge in [0.15, 0.2) is 0 Å². The number of carbonyl (C=O) groups is 1. The molecule has 3 rings (SSSR count). The summed E-state index contributed by atoms with van der Waals surface area (Å²) >= 11 is 0. The molecule has 2 unspecified atom stereocenters. The standard InChI is InChI=1S/C19H22N2O2/c20-16(13-14-7-3-1-4-8-14)19(22)21-17-11-12-23-18(17)15-9-5-2-6-10-15/h1-10,16-18H,11-13,20H2,(H,21,22)/t16-,17?,18?/m0/s1. The highest BCUT2D eigenvalue weighted by Crippen LogP contribution is 2.28. The second-order valence-electron chi connectivity index (χ2n) is 5.90. The lowest BCUT2D eigenvalue weighted by molar-refractivity contribution is -0.123. The van der Waals surface area contributed by atoms with Gasteiger partial charge in [0.2, 0.25) is 5.91 Å². The van der Waals surface area contributed by atoms with Gasteiger partial charge in [-0.25, -0.2) is 0 Å². The highest BCUT2D eigenvalue weighted by atomic mass is 16.5. The Morgan fingerprint density at radius 2 is 1.78 bits per heavy atom. The van der Waals surface area contributed by atoms with Crippen LogP contribution in [-0.2, 0) is 16.0 Å². The molecule has 0 bridgehead atoms. The van der Waals surface area contributed by atoms with Gasteiger partial charge >= 0.3 is 0 Å². The monoisotopic (exact) mass is 310 g/mol. The van der Waals surface area contributed by atoms with Gasteiger partial charge in [-0.1, -0.05) is 60.7 Å². The van der Waals surface area contributed by atoms with Gasteiger partial charge in [-0.05, 0) is 24.0 Å². The topological polar surface area (TPSA) is 64.4 Å². The fourth-order valence-corrected chi connectivity index (χ4v) is 2.96. The van der Waals surface area contributed by atoms with Crippen molar-refractivity contribution in [1.29, 1.82) is 0 Å². The van der Waals surface area contributed by atoms with Gasteiger partial charge in [0.05, 0.1) is 12.1 Å². The molecule has 1 aliphatic rings. The molecule has 0 aromatic heterocycles. The molecule has 3 N–H and O–H groups in total. The van der Waals surface area contributed by atoms with Crippen molar-refractivity contribution in [2.75, 3.05) is 6.61 Å². The van der Waals surface area contributed by atoms with Crippen LogP contribution >= 0.6 is 0 Å². The average molecular weight is 310 g/mol. The van der Waals surface area contributed by atoms with Crippen LogP contribution in [0.25, 0.3) is 0 Å². The summed E-state index contributed by atoms with van der Waals surface area (Å²) in [5, 5.41) is 3.06. The fraction of sp³-hybridized carbons (Fsp3) is 0.316. The van der Waals surface area contributed by atoms with E-state index in [-0.39, 0.29) is 18.1 Å². The molecule has 4 heteroatoms. The number of nitrogens with two attached hydrogens (primary N) is 1. The van der Waals surface area contributed by atoms with Crippen molar-refractivity contribution >= 4 is 5.91 Å². The Kier molecular flexibility index (Phi) is 5.05. The molecule has 1 fully saturated rings.